The lowest BCUT2D eigenvalue weighted by atomic mass is 10.2. The summed E-state index contributed by atoms with van der Waals surface area (Å²) >= 11 is 7.13. The fourth-order valence-corrected chi connectivity index (χ4v) is 3.66. The first-order chi connectivity index (χ1) is 11.9. The average molecular weight is 383 g/mol. The fraction of sp³-hybridized carbons (Fsp3) is 0.438. The minimum absolute atomic E-state index is 0.00641. The standard InChI is InChI=1S/C16H20ClFN6S/c1-10(18)14(19)25-15(20)16-21-13(17)12-11(4-3-5-24(12)16)23-8-6-22(2)7-9-23/h3-5,10,19-20H,6-9H2,1-2H3. The van der Waals surface area contributed by atoms with Crippen molar-refractivity contribution < 1.29 is 4.39 Å². The van der Waals surface area contributed by atoms with E-state index in [0.717, 1.165) is 49.1 Å². The zero-order chi connectivity index (χ0) is 18.1. The maximum atomic E-state index is 13.2. The Balaban J connectivity index is 1.97. The van der Waals surface area contributed by atoms with Crippen molar-refractivity contribution in [1.82, 2.24) is 14.3 Å². The molecule has 2 N–H and O–H groups in total. The highest BCUT2D eigenvalue weighted by Crippen LogP contribution is 2.31. The van der Waals surface area contributed by atoms with Crippen LogP contribution in [0.15, 0.2) is 18.3 Å². The number of pyridine rings is 1. The highest BCUT2D eigenvalue weighted by atomic mass is 35.5. The van der Waals surface area contributed by atoms with Gasteiger partial charge in [0.05, 0.1) is 5.69 Å². The molecule has 6 nitrogen and oxygen atoms in total. The number of piperazine rings is 1. The molecule has 25 heavy (non-hydrogen) atoms. The second-order valence-corrected chi connectivity index (χ2v) is 7.45. The molecular formula is C16H20ClFN6S. The summed E-state index contributed by atoms with van der Waals surface area (Å²) in [7, 11) is 2.10. The van der Waals surface area contributed by atoms with Gasteiger partial charge in [0, 0.05) is 32.4 Å². The predicted octanol–water partition coefficient (Wildman–Crippen LogP) is 3.13. The Kier molecular flexibility index (Phi) is 5.31. The van der Waals surface area contributed by atoms with Crippen molar-refractivity contribution in [1.29, 1.82) is 10.8 Å². The average Bonchev–Trinajstić information content (AvgIpc) is 2.93. The van der Waals surface area contributed by atoms with E-state index < -0.39 is 6.17 Å². The van der Waals surface area contributed by atoms with E-state index in [4.69, 9.17) is 22.4 Å². The molecule has 1 aliphatic rings. The third kappa shape index (κ3) is 3.65. The summed E-state index contributed by atoms with van der Waals surface area (Å²) < 4.78 is 15.0. The maximum Gasteiger partial charge on any atom is 0.171 e. The monoisotopic (exact) mass is 382 g/mol. The molecule has 0 saturated carbocycles. The van der Waals surface area contributed by atoms with Crippen LogP contribution in [0.5, 0.6) is 0 Å². The number of hydrogen-bond donors (Lipinski definition) is 2. The zero-order valence-electron chi connectivity index (χ0n) is 14.1. The van der Waals surface area contributed by atoms with Gasteiger partial charge in [-0.1, -0.05) is 11.6 Å². The Morgan fingerprint density at radius 2 is 2.00 bits per heavy atom. The van der Waals surface area contributed by atoms with Crippen LogP contribution in [-0.4, -0.2) is 63.8 Å². The first-order valence-corrected chi connectivity index (χ1v) is 9.17. The molecular weight excluding hydrogens is 363 g/mol. The topological polar surface area (TPSA) is 71.5 Å². The van der Waals surface area contributed by atoms with Gasteiger partial charge in [-0.15, -0.1) is 0 Å². The molecule has 0 radical (unpaired) electrons. The molecule has 1 atom stereocenters. The van der Waals surface area contributed by atoms with Crippen LogP contribution in [0.2, 0.25) is 5.15 Å². The Morgan fingerprint density at radius 1 is 1.32 bits per heavy atom. The van der Waals surface area contributed by atoms with E-state index in [9.17, 15) is 4.39 Å². The van der Waals surface area contributed by atoms with Crippen LogP contribution in [0, 0.1) is 10.8 Å². The molecule has 9 heteroatoms. The smallest absolute Gasteiger partial charge is 0.171 e. The van der Waals surface area contributed by atoms with Gasteiger partial charge in [0.2, 0.25) is 0 Å². The third-order valence-corrected chi connectivity index (χ3v) is 5.42. The molecule has 3 rings (SSSR count). The van der Waals surface area contributed by atoms with E-state index in [1.165, 1.54) is 6.92 Å². The van der Waals surface area contributed by atoms with Crippen LogP contribution in [0.3, 0.4) is 0 Å². The van der Waals surface area contributed by atoms with Crippen LogP contribution < -0.4 is 4.90 Å². The van der Waals surface area contributed by atoms with Gasteiger partial charge in [-0.05, 0) is 37.9 Å². The lowest BCUT2D eigenvalue weighted by Crippen LogP contribution is -2.44. The largest absolute Gasteiger partial charge is 0.367 e. The fourth-order valence-electron chi connectivity index (χ4n) is 2.78. The number of halogens is 2. The molecule has 2 aromatic rings. The quantitative estimate of drug-likeness (QED) is 0.632. The van der Waals surface area contributed by atoms with Gasteiger partial charge in [-0.2, -0.15) is 0 Å². The van der Waals surface area contributed by atoms with Gasteiger partial charge >= 0.3 is 0 Å². The molecule has 1 unspecified atom stereocenters. The number of thioether (sulfide) groups is 1. The zero-order valence-corrected chi connectivity index (χ0v) is 15.7. The Bertz CT molecular complexity index is 812. The molecule has 0 bridgehead atoms. The van der Waals surface area contributed by atoms with Gasteiger partial charge in [0.15, 0.2) is 11.0 Å². The van der Waals surface area contributed by atoms with Crippen molar-refractivity contribution in [2.75, 3.05) is 38.1 Å². The number of nitrogens with zero attached hydrogens (tertiary/aromatic N) is 4. The molecule has 0 aromatic carbocycles. The minimum Gasteiger partial charge on any atom is -0.367 e. The molecule has 0 spiro atoms. The summed E-state index contributed by atoms with van der Waals surface area (Å²) in [5, 5.41) is 15.9. The highest BCUT2D eigenvalue weighted by molar-refractivity contribution is 8.26. The predicted molar refractivity (Wildman–Crippen MR) is 103 cm³/mol. The SMILES string of the molecule is CC(F)C(=N)SC(=N)c1nc(Cl)c2c(N3CCN(C)CC3)cccn12. The summed E-state index contributed by atoms with van der Waals surface area (Å²) in [5.41, 5.74) is 1.72. The van der Waals surface area contributed by atoms with E-state index in [2.05, 4.69) is 21.8 Å². The molecule has 2 aromatic heterocycles. The van der Waals surface area contributed by atoms with Crippen LogP contribution in [0.25, 0.3) is 5.52 Å². The summed E-state index contributed by atoms with van der Waals surface area (Å²) in [6.45, 7) is 5.00. The lowest BCUT2D eigenvalue weighted by molar-refractivity contribution is 0.313. The van der Waals surface area contributed by atoms with Gasteiger partial charge in [-0.3, -0.25) is 15.2 Å². The normalized spacial score (nSPS) is 17.0. The van der Waals surface area contributed by atoms with E-state index in [1.807, 2.05) is 12.1 Å². The third-order valence-electron chi connectivity index (χ3n) is 4.22. The minimum atomic E-state index is -1.41. The van der Waals surface area contributed by atoms with Crippen LogP contribution in [0.4, 0.5) is 10.1 Å². The Hall–Kier alpha value is -1.64. The molecule has 1 aliphatic heterocycles. The van der Waals surface area contributed by atoms with Crippen molar-refractivity contribution >= 4 is 44.7 Å². The number of fused-ring (bicyclic) bond motifs is 1. The van der Waals surface area contributed by atoms with Gasteiger partial charge < -0.3 is 9.80 Å². The van der Waals surface area contributed by atoms with Crippen molar-refractivity contribution in [3.8, 4) is 0 Å². The van der Waals surface area contributed by atoms with Crippen LogP contribution >= 0.6 is 23.4 Å². The number of hydrogen-bond acceptors (Lipinski definition) is 6. The van der Waals surface area contributed by atoms with Gasteiger partial charge in [0.25, 0.3) is 0 Å². The summed E-state index contributed by atoms with van der Waals surface area (Å²) in [6, 6.07) is 3.89. The molecule has 0 amide bonds. The molecule has 0 aliphatic carbocycles. The highest BCUT2D eigenvalue weighted by Gasteiger charge is 2.23. The van der Waals surface area contributed by atoms with Gasteiger partial charge in [-0.25, -0.2) is 9.37 Å². The Morgan fingerprint density at radius 3 is 2.64 bits per heavy atom. The number of alkyl halides is 1. The van der Waals surface area contributed by atoms with E-state index in [-0.39, 0.29) is 10.1 Å². The number of rotatable bonds is 3. The number of imidazole rings is 1. The molecule has 1 saturated heterocycles. The van der Waals surface area contributed by atoms with E-state index in [0.29, 0.717) is 11.0 Å². The summed E-state index contributed by atoms with van der Waals surface area (Å²) in [4.78, 5) is 8.83. The maximum absolute atomic E-state index is 13.2. The van der Waals surface area contributed by atoms with Crippen LogP contribution in [0.1, 0.15) is 12.7 Å². The second kappa shape index (κ2) is 7.31. The van der Waals surface area contributed by atoms with E-state index >= 15 is 0 Å². The molecule has 1 fully saturated rings. The van der Waals surface area contributed by atoms with E-state index in [1.54, 1.807) is 10.6 Å². The number of aromatic nitrogens is 2. The molecule has 134 valence electrons. The van der Waals surface area contributed by atoms with Crippen molar-refractivity contribution in [3.63, 3.8) is 0 Å². The van der Waals surface area contributed by atoms with Gasteiger partial charge in [0.1, 0.15) is 21.8 Å². The van der Waals surface area contributed by atoms with Crippen molar-refractivity contribution in [2.24, 2.45) is 0 Å². The summed E-state index contributed by atoms with van der Waals surface area (Å²) in [6.07, 6.45) is 0.383. The Labute approximate surface area is 155 Å². The van der Waals surface area contributed by atoms with Crippen molar-refractivity contribution in [3.05, 3.63) is 29.3 Å². The number of nitrogens with one attached hydrogen (secondary N) is 2. The second-order valence-electron chi connectivity index (χ2n) is 6.04. The van der Waals surface area contributed by atoms with Crippen LogP contribution in [-0.2, 0) is 0 Å². The molecule has 3 heterocycles. The summed E-state index contributed by atoms with van der Waals surface area (Å²) in [5.74, 6) is 0.325. The number of anilines is 1. The number of likely N-dealkylation sites (N-methyl/N-ethyl adjacent to an activating group) is 1. The van der Waals surface area contributed by atoms with Crippen molar-refractivity contribution in [2.45, 2.75) is 13.1 Å². The lowest BCUT2D eigenvalue weighted by Gasteiger charge is -2.34. The first kappa shape index (κ1) is 18.2. The first-order valence-electron chi connectivity index (χ1n) is 7.98.